The van der Waals surface area contributed by atoms with E-state index < -0.39 is 0 Å². The van der Waals surface area contributed by atoms with Gasteiger partial charge in [-0.1, -0.05) is 48.5 Å². The molecule has 0 aliphatic heterocycles. The molecule has 6 rings (SSSR count). The van der Waals surface area contributed by atoms with Gasteiger partial charge in [0.25, 0.3) is 11.8 Å². The van der Waals surface area contributed by atoms with Gasteiger partial charge in [-0.3, -0.25) is 9.59 Å². The highest BCUT2D eigenvalue weighted by Crippen LogP contribution is 2.29. The van der Waals surface area contributed by atoms with E-state index in [0.29, 0.717) is 11.1 Å². The van der Waals surface area contributed by atoms with Crippen LogP contribution in [0.4, 0.5) is 0 Å². The van der Waals surface area contributed by atoms with Crippen molar-refractivity contribution in [3.8, 4) is 21.1 Å². The number of rotatable bonds is 7. The molecule has 0 saturated heterocycles. The highest BCUT2D eigenvalue weighted by atomic mass is 32.1. The molecule has 2 aromatic carbocycles. The van der Waals surface area contributed by atoms with E-state index in [1.807, 2.05) is 103 Å². The molecule has 0 fully saturated rings. The lowest BCUT2D eigenvalue weighted by Gasteiger charge is -2.17. The van der Waals surface area contributed by atoms with Gasteiger partial charge in [-0.2, -0.15) is 0 Å². The molecule has 0 unspecified atom stereocenters. The summed E-state index contributed by atoms with van der Waals surface area (Å²) in [4.78, 5) is 38.2. The average Bonchev–Trinajstić information content (AvgIpc) is 3.70. The summed E-state index contributed by atoms with van der Waals surface area (Å²) in [7, 11) is 0. The van der Waals surface area contributed by atoms with E-state index in [0.717, 1.165) is 42.9 Å². The Balaban J connectivity index is 1.21. The molecule has 6 aromatic rings. The van der Waals surface area contributed by atoms with Gasteiger partial charge in [0, 0.05) is 23.4 Å². The second-order valence-corrected chi connectivity index (χ2v) is 11.1. The van der Waals surface area contributed by atoms with E-state index in [9.17, 15) is 9.59 Å². The Bertz CT molecular complexity index is 1800. The minimum absolute atomic E-state index is 0.206. The zero-order valence-corrected chi connectivity index (χ0v) is 22.7. The zero-order chi connectivity index (χ0) is 26.8. The smallest absolute Gasteiger partial charge is 0.252 e. The van der Waals surface area contributed by atoms with E-state index >= 15 is 0 Å². The molecule has 2 amide bonds. The highest BCUT2D eigenvalue weighted by molar-refractivity contribution is 7.13. The van der Waals surface area contributed by atoms with E-state index in [1.54, 1.807) is 22.7 Å². The number of hydrogen-bond donors (Lipinski definition) is 2. The van der Waals surface area contributed by atoms with Crippen molar-refractivity contribution in [2.45, 2.75) is 13.0 Å². The van der Waals surface area contributed by atoms with Crippen LogP contribution in [0, 0.1) is 0 Å². The van der Waals surface area contributed by atoms with Crippen LogP contribution in [0.5, 0.6) is 0 Å². The van der Waals surface area contributed by atoms with Gasteiger partial charge in [-0.05, 0) is 54.1 Å². The largest absolute Gasteiger partial charge is 0.350 e. The van der Waals surface area contributed by atoms with E-state index in [-0.39, 0.29) is 24.4 Å². The first-order valence-corrected chi connectivity index (χ1v) is 14.3. The number of carbonyl (C=O) groups is 2. The van der Waals surface area contributed by atoms with Crippen LogP contribution in [0.2, 0.25) is 0 Å². The lowest BCUT2D eigenvalue weighted by Crippen LogP contribution is -2.42. The van der Waals surface area contributed by atoms with Crippen molar-refractivity contribution in [3.05, 3.63) is 107 Å². The van der Waals surface area contributed by atoms with E-state index in [4.69, 9.17) is 9.97 Å². The number of thiophene rings is 2. The standard InChI is InChI=1S/C31H24N4O2S2/c1-19(33-31(37)23-17-27(29-13-7-15-39-29)35-25-11-5-3-9-21(23)25)18-32-30(36)22-16-26(28-12-6-14-38-28)34-24-10-4-2-8-20(22)24/h2-17,19H,18H2,1H3,(H,32,36)(H,33,37)/t19-/m1/s1. The van der Waals surface area contributed by atoms with Crippen molar-refractivity contribution in [2.75, 3.05) is 6.54 Å². The van der Waals surface area contributed by atoms with Gasteiger partial charge in [-0.25, -0.2) is 9.97 Å². The third-order valence-corrected chi connectivity index (χ3v) is 8.20. The SMILES string of the molecule is C[C@H](CNC(=O)c1cc(-c2cccs2)nc2ccccc12)NC(=O)c1cc(-c2cccs2)nc2ccccc12. The second-order valence-electron chi connectivity index (χ2n) is 9.18. The molecule has 0 spiro atoms. The van der Waals surface area contributed by atoms with Crippen molar-refractivity contribution < 1.29 is 9.59 Å². The Morgan fingerprint density at radius 1 is 0.718 bits per heavy atom. The summed E-state index contributed by atoms with van der Waals surface area (Å²) in [5, 5.41) is 11.6. The molecule has 0 saturated carbocycles. The first-order chi connectivity index (χ1) is 19.1. The quantitative estimate of drug-likeness (QED) is 0.230. The van der Waals surface area contributed by atoms with Crippen molar-refractivity contribution in [3.63, 3.8) is 0 Å². The molecule has 0 radical (unpaired) electrons. The van der Waals surface area contributed by atoms with Crippen LogP contribution in [-0.2, 0) is 0 Å². The molecular weight excluding hydrogens is 525 g/mol. The van der Waals surface area contributed by atoms with Gasteiger partial charge < -0.3 is 10.6 Å². The summed E-state index contributed by atoms with van der Waals surface area (Å²) in [6.07, 6.45) is 0. The van der Waals surface area contributed by atoms with Crippen molar-refractivity contribution in [1.82, 2.24) is 20.6 Å². The summed E-state index contributed by atoms with van der Waals surface area (Å²) in [5.74, 6) is -0.413. The van der Waals surface area contributed by atoms with Crippen molar-refractivity contribution >= 4 is 56.3 Å². The molecule has 1 atom stereocenters. The van der Waals surface area contributed by atoms with Crippen molar-refractivity contribution in [1.29, 1.82) is 0 Å². The van der Waals surface area contributed by atoms with Crippen LogP contribution in [0.3, 0.4) is 0 Å². The molecule has 192 valence electrons. The first-order valence-electron chi connectivity index (χ1n) is 12.5. The maximum Gasteiger partial charge on any atom is 0.252 e. The predicted molar refractivity (Wildman–Crippen MR) is 159 cm³/mol. The van der Waals surface area contributed by atoms with Crippen LogP contribution in [0.15, 0.2) is 95.7 Å². The molecule has 4 heterocycles. The number of hydrogen-bond acceptors (Lipinski definition) is 6. The van der Waals surface area contributed by atoms with Crippen LogP contribution >= 0.6 is 22.7 Å². The van der Waals surface area contributed by atoms with E-state index in [1.165, 1.54) is 0 Å². The summed E-state index contributed by atoms with van der Waals surface area (Å²) in [5.41, 5.74) is 4.18. The molecule has 0 bridgehead atoms. The molecule has 6 nitrogen and oxygen atoms in total. The molecule has 4 aromatic heterocycles. The Morgan fingerprint density at radius 2 is 1.23 bits per heavy atom. The second kappa shape index (κ2) is 10.8. The van der Waals surface area contributed by atoms with Gasteiger partial charge in [0.05, 0.1) is 43.3 Å². The first kappa shape index (κ1) is 24.9. The minimum Gasteiger partial charge on any atom is -0.350 e. The maximum absolute atomic E-state index is 13.4. The highest BCUT2D eigenvalue weighted by Gasteiger charge is 2.18. The molecule has 2 N–H and O–H groups in total. The molecular formula is C31H24N4O2S2. The van der Waals surface area contributed by atoms with Crippen LogP contribution in [0.1, 0.15) is 27.6 Å². The Labute approximate surface area is 233 Å². The van der Waals surface area contributed by atoms with Crippen LogP contribution in [0.25, 0.3) is 42.9 Å². The molecule has 0 aliphatic rings. The number of amides is 2. The number of aromatic nitrogens is 2. The summed E-state index contributed by atoms with van der Waals surface area (Å²) >= 11 is 3.17. The zero-order valence-electron chi connectivity index (χ0n) is 21.0. The van der Waals surface area contributed by atoms with E-state index in [2.05, 4.69) is 10.6 Å². The number of benzene rings is 2. The Hall–Kier alpha value is -4.40. The van der Waals surface area contributed by atoms with Crippen molar-refractivity contribution in [2.24, 2.45) is 0 Å². The third-order valence-electron chi connectivity index (χ3n) is 6.42. The summed E-state index contributed by atoms with van der Waals surface area (Å²) in [6.45, 7) is 2.15. The summed E-state index contributed by atoms with van der Waals surface area (Å²) < 4.78 is 0. The maximum atomic E-state index is 13.4. The third kappa shape index (κ3) is 5.16. The molecule has 39 heavy (non-hydrogen) atoms. The minimum atomic E-state index is -0.302. The number of nitrogens with zero attached hydrogens (tertiary/aromatic N) is 2. The lowest BCUT2D eigenvalue weighted by molar-refractivity contribution is 0.0914. The predicted octanol–water partition coefficient (Wildman–Crippen LogP) is 6.79. The number of pyridine rings is 2. The van der Waals surface area contributed by atoms with Gasteiger partial charge in [0.1, 0.15) is 0 Å². The molecule has 0 aliphatic carbocycles. The van der Waals surface area contributed by atoms with Crippen LogP contribution in [-0.4, -0.2) is 34.4 Å². The fourth-order valence-corrected chi connectivity index (χ4v) is 5.89. The summed E-state index contributed by atoms with van der Waals surface area (Å²) in [6, 6.07) is 26.6. The Kier molecular flexibility index (Phi) is 6.87. The van der Waals surface area contributed by atoms with Gasteiger partial charge in [-0.15, -0.1) is 22.7 Å². The number of fused-ring (bicyclic) bond motifs is 2. The fraction of sp³-hybridized carbons (Fsp3) is 0.0968. The average molecular weight is 549 g/mol. The monoisotopic (exact) mass is 548 g/mol. The van der Waals surface area contributed by atoms with Gasteiger partial charge in [0.15, 0.2) is 0 Å². The number of nitrogens with one attached hydrogen (secondary N) is 2. The number of carbonyl (C=O) groups excluding carboxylic acids is 2. The lowest BCUT2D eigenvalue weighted by atomic mass is 10.1. The fourth-order valence-electron chi connectivity index (χ4n) is 4.52. The van der Waals surface area contributed by atoms with Gasteiger partial charge >= 0.3 is 0 Å². The van der Waals surface area contributed by atoms with Gasteiger partial charge in [0.2, 0.25) is 0 Å². The molecule has 8 heteroatoms. The van der Waals surface area contributed by atoms with Crippen LogP contribution < -0.4 is 10.6 Å². The Morgan fingerprint density at radius 3 is 1.74 bits per heavy atom. The topological polar surface area (TPSA) is 84.0 Å². The number of para-hydroxylation sites is 2. The normalized spacial score (nSPS) is 11.9.